The van der Waals surface area contributed by atoms with Gasteiger partial charge in [0.2, 0.25) is 0 Å². The molecule has 3 aromatic rings. The average Bonchev–Trinajstić information content (AvgIpc) is 3.12. The Morgan fingerprint density at radius 2 is 2.00 bits per heavy atom. The molecule has 0 saturated carbocycles. The lowest BCUT2D eigenvalue weighted by molar-refractivity contribution is 0.0470. The second-order valence-electron chi connectivity index (χ2n) is 6.04. The molecule has 0 unspecified atom stereocenters. The molecule has 0 aliphatic carbocycles. The molecule has 0 aliphatic heterocycles. The molecule has 0 amide bonds. The Bertz CT molecular complexity index is 955. The van der Waals surface area contributed by atoms with Gasteiger partial charge in [-0.3, -0.25) is 0 Å². The van der Waals surface area contributed by atoms with Gasteiger partial charge in [0.1, 0.15) is 12.2 Å². The Balaban J connectivity index is 1.86. The average molecular weight is 346 g/mol. The fraction of sp³-hybridized carbons (Fsp3) is 0.200. The summed E-state index contributed by atoms with van der Waals surface area (Å²) < 4.78 is 7.09. The Kier molecular flexibility index (Phi) is 5.09. The first-order valence-electron chi connectivity index (χ1n) is 8.26. The van der Waals surface area contributed by atoms with Crippen molar-refractivity contribution in [2.24, 2.45) is 0 Å². The van der Waals surface area contributed by atoms with E-state index in [4.69, 9.17) is 10.00 Å². The Morgan fingerprint density at radius 1 is 1.23 bits per heavy atom. The van der Waals surface area contributed by atoms with Crippen LogP contribution in [0, 0.1) is 11.3 Å². The minimum atomic E-state index is -0.469. The summed E-state index contributed by atoms with van der Waals surface area (Å²) >= 11 is 0. The molecule has 0 atom stereocenters. The van der Waals surface area contributed by atoms with Crippen LogP contribution in [0.25, 0.3) is 5.82 Å². The second kappa shape index (κ2) is 7.62. The first-order chi connectivity index (χ1) is 12.6. The van der Waals surface area contributed by atoms with Crippen molar-refractivity contribution in [3.8, 4) is 11.9 Å². The zero-order chi connectivity index (χ0) is 18.5. The molecule has 6 heteroatoms. The van der Waals surface area contributed by atoms with Crippen LogP contribution in [0.5, 0.6) is 0 Å². The number of benzene rings is 1. The van der Waals surface area contributed by atoms with Crippen molar-refractivity contribution in [2.45, 2.75) is 26.4 Å². The summed E-state index contributed by atoms with van der Waals surface area (Å²) in [4.78, 5) is 16.9. The van der Waals surface area contributed by atoms with Gasteiger partial charge < -0.3 is 4.74 Å². The van der Waals surface area contributed by atoms with E-state index < -0.39 is 5.97 Å². The van der Waals surface area contributed by atoms with Crippen molar-refractivity contribution >= 4 is 5.97 Å². The van der Waals surface area contributed by atoms with Gasteiger partial charge in [-0.1, -0.05) is 38.1 Å². The highest BCUT2D eigenvalue weighted by Crippen LogP contribution is 2.23. The van der Waals surface area contributed by atoms with E-state index in [1.165, 1.54) is 6.20 Å². The van der Waals surface area contributed by atoms with Gasteiger partial charge in [0, 0.05) is 11.8 Å². The number of hydrogen-bond donors (Lipinski definition) is 0. The topological polar surface area (TPSA) is 80.8 Å². The molecule has 130 valence electrons. The molecule has 3 rings (SSSR count). The summed E-state index contributed by atoms with van der Waals surface area (Å²) in [6.07, 6.45) is 3.18. The van der Waals surface area contributed by atoms with Gasteiger partial charge in [0.05, 0.1) is 23.5 Å². The quantitative estimate of drug-likeness (QED) is 0.659. The smallest absolute Gasteiger partial charge is 0.341 e. The minimum absolute atomic E-state index is 0.0366. The van der Waals surface area contributed by atoms with Gasteiger partial charge in [-0.25, -0.2) is 14.5 Å². The molecule has 0 aliphatic rings. The molecule has 0 saturated heterocycles. The highest BCUT2D eigenvalue weighted by atomic mass is 16.5. The van der Waals surface area contributed by atoms with Crippen LogP contribution in [0.4, 0.5) is 0 Å². The summed E-state index contributed by atoms with van der Waals surface area (Å²) in [5, 5.41) is 13.5. The van der Waals surface area contributed by atoms with E-state index in [9.17, 15) is 4.79 Å². The maximum Gasteiger partial charge on any atom is 0.341 e. The molecule has 26 heavy (non-hydrogen) atoms. The normalized spacial score (nSPS) is 10.5. The molecule has 2 heterocycles. The summed E-state index contributed by atoms with van der Waals surface area (Å²) in [7, 11) is 0. The number of carbonyl (C=O) groups excluding carboxylic acids is 1. The van der Waals surface area contributed by atoms with Gasteiger partial charge in [-0.15, -0.1) is 0 Å². The number of hydrogen-bond acceptors (Lipinski definition) is 5. The molecule has 0 N–H and O–H groups in total. The van der Waals surface area contributed by atoms with Crippen molar-refractivity contribution in [1.29, 1.82) is 5.26 Å². The Hall–Kier alpha value is -3.46. The summed E-state index contributed by atoms with van der Waals surface area (Å²) in [5.74, 6) is 0.224. The zero-order valence-electron chi connectivity index (χ0n) is 14.6. The van der Waals surface area contributed by atoms with E-state index in [0.29, 0.717) is 22.5 Å². The van der Waals surface area contributed by atoms with Crippen molar-refractivity contribution in [2.75, 3.05) is 0 Å². The lowest BCUT2D eigenvalue weighted by Gasteiger charge is -2.12. The molecule has 0 fully saturated rings. The highest BCUT2D eigenvalue weighted by Gasteiger charge is 2.22. The van der Waals surface area contributed by atoms with Crippen LogP contribution in [-0.4, -0.2) is 20.7 Å². The SMILES string of the molecule is CC(C)c1c(C(=O)OCc2ccccc2C#N)cnn1-c1ccccn1. The van der Waals surface area contributed by atoms with Crippen LogP contribution >= 0.6 is 0 Å². The van der Waals surface area contributed by atoms with Crippen molar-refractivity contribution in [3.05, 3.63) is 77.2 Å². The molecule has 0 spiro atoms. The standard InChI is InChI=1S/C20H18N4O2/c1-14(2)19-17(12-23-24(19)18-9-5-6-10-22-18)20(25)26-13-16-8-4-3-7-15(16)11-21/h3-10,12,14H,13H2,1-2H3. The van der Waals surface area contributed by atoms with E-state index in [2.05, 4.69) is 16.2 Å². The van der Waals surface area contributed by atoms with E-state index in [1.54, 1.807) is 29.1 Å². The first kappa shape index (κ1) is 17.4. The first-order valence-corrected chi connectivity index (χ1v) is 8.26. The molecule has 6 nitrogen and oxygen atoms in total. The fourth-order valence-corrected chi connectivity index (χ4v) is 2.71. The van der Waals surface area contributed by atoms with Gasteiger partial charge in [0.25, 0.3) is 0 Å². The number of esters is 1. The molecule has 1 aromatic carbocycles. The summed E-state index contributed by atoms with van der Waals surface area (Å²) in [6.45, 7) is 4.01. The fourth-order valence-electron chi connectivity index (χ4n) is 2.71. The summed E-state index contributed by atoms with van der Waals surface area (Å²) in [5.41, 5.74) is 2.31. The van der Waals surface area contributed by atoms with Gasteiger partial charge in [0.15, 0.2) is 5.82 Å². The number of nitrogens with zero attached hydrogens (tertiary/aromatic N) is 4. The monoisotopic (exact) mass is 346 g/mol. The van der Waals surface area contributed by atoms with E-state index in [0.717, 1.165) is 5.69 Å². The van der Waals surface area contributed by atoms with Gasteiger partial charge in [-0.05, 0) is 24.1 Å². The van der Waals surface area contributed by atoms with Crippen LogP contribution in [0.15, 0.2) is 54.9 Å². The minimum Gasteiger partial charge on any atom is -0.457 e. The van der Waals surface area contributed by atoms with Crippen LogP contribution in [0.3, 0.4) is 0 Å². The lowest BCUT2D eigenvalue weighted by Crippen LogP contribution is -2.12. The van der Waals surface area contributed by atoms with Crippen LogP contribution < -0.4 is 0 Å². The van der Waals surface area contributed by atoms with Crippen molar-refractivity contribution in [3.63, 3.8) is 0 Å². The number of ether oxygens (including phenoxy) is 1. The predicted molar refractivity (Wildman–Crippen MR) is 95.7 cm³/mol. The second-order valence-corrected chi connectivity index (χ2v) is 6.04. The predicted octanol–water partition coefficient (Wildman–Crippen LogP) is 3.62. The molecule has 0 radical (unpaired) electrons. The van der Waals surface area contributed by atoms with E-state index in [1.807, 2.05) is 38.1 Å². The largest absolute Gasteiger partial charge is 0.457 e. The number of carbonyl (C=O) groups is 1. The lowest BCUT2D eigenvalue weighted by atomic mass is 10.1. The van der Waals surface area contributed by atoms with E-state index >= 15 is 0 Å². The highest BCUT2D eigenvalue weighted by molar-refractivity contribution is 5.90. The van der Waals surface area contributed by atoms with Crippen LogP contribution in [0.2, 0.25) is 0 Å². The third-order valence-corrected chi connectivity index (χ3v) is 3.94. The van der Waals surface area contributed by atoms with Crippen LogP contribution in [0.1, 0.15) is 46.9 Å². The summed E-state index contributed by atoms with van der Waals surface area (Å²) in [6, 6.07) is 14.7. The number of nitriles is 1. The van der Waals surface area contributed by atoms with Crippen molar-refractivity contribution in [1.82, 2.24) is 14.8 Å². The Morgan fingerprint density at radius 3 is 2.69 bits per heavy atom. The number of pyridine rings is 1. The van der Waals surface area contributed by atoms with Crippen molar-refractivity contribution < 1.29 is 9.53 Å². The van der Waals surface area contributed by atoms with Crippen LogP contribution in [-0.2, 0) is 11.3 Å². The third-order valence-electron chi connectivity index (χ3n) is 3.94. The van der Waals surface area contributed by atoms with Gasteiger partial charge in [-0.2, -0.15) is 10.4 Å². The molecular weight excluding hydrogens is 328 g/mol. The number of rotatable bonds is 5. The maximum absolute atomic E-state index is 12.6. The maximum atomic E-state index is 12.6. The molecular formula is C20H18N4O2. The van der Waals surface area contributed by atoms with Gasteiger partial charge >= 0.3 is 5.97 Å². The zero-order valence-corrected chi connectivity index (χ0v) is 14.6. The molecule has 2 aromatic heterocycles. The number of aromatic nitrogens is 3. The third kappa shape index (κ3) is 3.47. The Labute approximate surface area is 151 Å². The van der Waals surface area contributed by atoms with E-state index in [-0.39, 0.29) is 12.5 Å². The molecule has 0 bridgehead atoms.